The SMILES string of the molecule is CCCCNc1nc(C)cn1-c1cc(OC)ccc1Cl. The largest absolute Gasteiger partial charge is 0.497 e. The van der Waals surface area contributed by atoms with E-state index in [0.29, 0.717) is 5.02 Å². The number of aromatic nitrogens is 2. The lowest BCUT2D eigenvalue weighted by Crippen LogP contribution is -2.07. The molecule has 0 amide bonds. The molecule has 0 spiro atoms. The summed E-state index contributed by atoms with van der Waals surface area (Å²) < 4.78 is 7.23. The van der Waals surface area contributed by atoms with Crippen molar-refractivity contribution in [3.8, 4) is 11.4 Å². The Morgan fingerprint density at radius 1 is 1.40 bits per heavy atom. The molecule has 2 aromatic rings. The molecular weight excluding hydrogens is 274 g/mol. The van der Waals surface area contributed by atoms with Crippen molar-refractivity contribution < 1.29 is 4.74 Å². The molecule has 0 atom stereocenters. The minimum absolute atomic E-state index is 0.668. The van der Waals surface area contributed by atoms with Gasteiger partial charge in [0.2, 0.25) is 5.95 Å². The Labute approximate surface area is 124 Å². The van der Waals surface area contributed by atoms with Crippen molar-refractivity contribution in [1.82, 2.24) is 9.55 Å². The summed E-state index contributed by atoms with van der Waals surface area (Å²) in [5.74, 6) is 1.58. The van der Waals surface area contributed by atoms with Crippen LogP contribution >= 0.6 is 11.6 Å². The third kappa shape index (κ3) is 3.25. The number of rotatable bonds is 6. The van der Waals surface area contributed by atoms with E-state index in [2.05, 4.69) is 17.2 Å². The maximum atomic E-state index is 6.30. The Bertz CT molecular complexity index is 580. The fraction of sp³-hybridized carbons (Fsp3) is 0.400. The van der Waals surface area contributed by atoms with E-state index in [1.54, 1.807) is 7.11 Å². The van der Waals surface area contributed by atoms with Crippen molar-refractivity contribution in [2.24, 2.45) is 0 Å². The van der Waals surface area contributed by atoms with Gasteiger partial charge in [-0.3, -0.25) is 4.57 Å². The minimum Gasteiger partial charge on any atom is -0.497 e. The highest BCUT2D eigenvalue weighted by molar-refractivity contribution is 6.32. The van der Waals surface area contributed by atoms with Gasteiger partial charge in [-0.2, -0.15) is 0 Å². The Kier molecular flexibility index (Phi) is 4.90. The average molecular weight is 294 g/mol. The van der Waals surface area contributed by atoms with E-state index in [0.717, 1.165) is 42.5 Å². The van der Waals surface area contributed by atoms with Gasteiger partial charge in [-0.1, -0.05) is 24.9 Å². The van der Waals surface area contributed by atoms with Gasteiger partial charge in [0.1, 0.15) is 5.75 Å². The van der Waals surface area contributed by atoms with Crippen molar-refractivity contribution in [2.75, 3.05) is 19.0 Å². The summed E-state index contributed by atoms with van der Waals surface area (Å²) >= 11 is 6.30. The number of anilines is 1. The molecule has 0 fully saturated rings. The first-order valence-electron chi connectivity index (χ1n) is 6.79. The summed E-state index contributed by atoms with van der Waals surface area (Å²) in [5.41, 5.74) is 1.81. The van der Waals surface area contributed by atoms with Crippen LogP contribution in [0, 0.1) is 6.92 Å². The van der Waals surface area contributed by atoms with Gasteiger partial charge in [-0.25, -0.2) is 4.98 Å². The first-order valence-corrected chi connectivity index (χ1v) is 7.17. The summed E-state index contributed by atoms with van der Waals surface area (Å²) in [6.07, 6.45) is 4.22. The first-order chi connectivity index (χ1) is 9.65. The molecule has 108 valence electrons. The van der Waals surface area contributed by atoms with Crippen LogP contribution in [0.25, 0.3) is 5.69 Å². The number of hydrogen-bond donors (Lipinski definition) is 1. The standard InChI is InChI=1S/C15H20ClN3O/c1-4-5-8-17-15-18-11(2)10-19(15)14-9-12(20-3)6-7-13(14)16/h6-7,9-10H,4-5,8H2,1-3H3,(H,17,18). The van der Waals surface area contributed by atoms with Gasteiger partial charge in [-0.15, -0.1) is 0 Å². The molecule has 0 aliphatic carbocycles. The van der Waals surface area contributed by atoms with Gasteiger partial charge in [-0.05, 0) is 25.5 Å². The maximum Gasteiger partial charge on any atom is 0.207 e. The summed E-state index contributed by atoms with van der Waals surface area (Å²) in [4.78, 5) is 4.51. The zero-order valence-corrected chi connectivity index (χ0v) is 12.9. The van der Waals surface area contributed by atoms with Crippen LogP contribution in [0.15, 0.2) is 24.4 Å². The normalized spacial score (nSPS) is 10.6. The molecule has 5 heteroatoms. The van der Waals surface area contributed by atoms with E-state index in [4.69, 9.17) is 16.3 Å². The number of hydrogen-bond acceptors (Lipinski definition) is 3. The second-order valence-corrected chi connectivity index (χ2v) is 5.08. The topological polar surface area (TPSA) is 39.1 Å². The molecule has 0 radical (unpaired) electrons. The molecule has 0 saturated heterocycles. The molecule has 0 bridgehead atoms. The van der Waals surface area contributed by atoms with Gasteiger partial charge in [0, 0.05) is 18.8 Å². The van der Waals surface area contributed by atoms with Crippen LogP contribution in [0.2, 0.25) is 5.02 Å². The fourth-order valence-electron chi connectivity index (χ4n) is 1.99. The Hall–Kier alpha value is -1.68. The van der Waals surface area contributed by atoms with E-state index < -0.39 is 0 Å². The van der Waals surface area contributed by atoms with Crippen molar-refractivity contribution in [2.45, 2.75) is 26.7 Å². The average Bonchev–Trinajstić information content (AvgIpc) is 2.81. The van der Waals surface area contributed by atoms with Gasteiger partial charge < -0.3 is 10.1 Å². The molecule has 2 rings (SSSR count). The highest BCUT2D eigenvalue weighted by Crippen LogP contribution is 2.28. The predicted molar refractivity (Wildman–Crippen MR) is 83.3 cm³/mol. The zero-order valence-electron chi connectivity index (χ0n) is 12.1. The van der Waals surface area contributed by atoms with Crippen LogP contribution in [0.5, 0.6) is 5.75 Å². The molecule has 1 aromatic carbocycles. The van der Waals surface area contributed by atoms with Crippen molar-refractivity contribution >= 4 is 17.5 Å². The van der Waals surface area contributed by atoms with Gasteiger partial charge in [0.05, 0.1) is 23.5 Å². The van der Waals surface area contributed by atoms with E-state index in [1.807, 2.05) is 35.9 Å². The van der Waals surface area contributed by atoms with Crippen molar-refractivity contribution in [3.63, 3.8) is 0 Å². The monoisotopic (exact) mass is 293 g/mol. The lowest BCUT2D eigenvalue weighted by Gasteiger charge is -2.12. The molecule has 1 N–H and O–H groups in total. The fourth-order valence-corrected chi connectivity index (χ4v) is 2.20. The second-order valence-electron chi connectivity index (χ2n) is 4.67. The molecular formula is C15H20ClN3O. The number of halogens is 1. The number of ether oxygens (including phenoxy) is 1. The van der Waals surface area contributed by atoms with Crippen LogP contribution in [-0.2, 0) is 0 Å². The lowest BCUT2D eigenvalue weighted by atomic mass is 10.3. The lowest BCUT2D eigenvalue weighted by molar-refractivity contribution is 0.414. The first kappa shape index (κ1) is 14.7. The highest BCUT2D eigenvalue weighted by atomic mass is 35.5. The number of nitrogens with one attached hydrogen (secondary N) is 1. The minimum atomic E-state index is 0.668. The number of nitrogens with zero attached hydrogens (tertiary/aromatic N) is 2. The Balaban J connectivity index is 2.36. The number of aryl methyl sites for hydroxylation is 1. The number of methoxy groups -OCH3 is 1. The predicted octanol–water partition coefficient (Wildman–Crippen LogP) is 4.05. The molecule has 20 heavy (non-hydrogen) atoms. The molecule has 1 aromatic heterocycles. The van der Waals surface area contributed by atoms with E-state index in [1.165, 1.54) is 0 Å². The molecule has 0 aliphatic heterocycles. The summed E-state index contributed by atoms with van der Waals surface area (Å²) in [6, 6.07) is 5.59. The molecule has 1 heterocycles. The van der Waals surface area contributed by atoms with Gasteiger partial charge >= 0.3 is 0 Å². The summed E-state index contributed by atoms with van der Waals surface area (Å²) in [7, 11) is 1.65. The van der Waals surface area contributed by atoms with E-state index in [-0.39, 0.29) is 0 Å². The van der Waals surface area contributed by atoms with Crippen LogP contribution in [-0.4, -0.2) is 23.2 Å². The van der Waals surface area contributed by atoms with Crippen molar-refractivity contribution in [3.05, 3.63) is 35.1 Å². The molecule has 0 aliphatic rings. The number of imidazole rings is 1. The van der Waals surface area contributed by atoms with Crippen LogP contribution in [0.3, 0.4) is 0 Å². The zero-order chi connectivity index (χ0) is 14.5. The number of benzene rings is 1. The maximum absolute atomic E-state index is 6.30. The Morgan fingerprint density at radius 2 is 2.20 bits per heavy atom. The van der Waals surface area contributed by atoms with Gasteiger partial charge in [0.25, 0.3) is 0 Å². The third-order valence-electron chi connectivity index (χ3n) is 3.05. The van der Waals surface area contributed by atoms with Crippen molar-refractivity contribution in [1.29, 1.82) is 0 Å². The Morgan fingerprint density at radius 3 is 2.90 bits per heavy atom. The van der Waals surface area contributed by atoms with E-state index in [9.17, 15) is 0 Å². The van der Waals surface area contributed by atoms with E-state index >= 15 is 0 Å². The molecule has 0 saturated carbocycles. The number of unbranched alkanes of at least 4 members (excludes halogenated alkanes) is 1. The molecule has 4 nitrogen and oxygen atoms in total. The molecule has 0 unspecified atom stereocenters. The van der Waals surface area contributed by atoms with Crippen LogP contribution < -0.4 is 10.1 Å². The van der Waals surface area contributed by atoms with Crippen LogP contribution in [0.4, 0.5) is 5.95 Å². The highest BCUT2D eigenvalue weighted by Gasteiger charge is 2.11. The summed E-state index contributed by atoms with van der Waals surface area (Å²) in [6.45, 7) is 5.03. The smallest absolute Gasteiger partial charge is 0.207 e. The second kappa shape index (κ2) is 6.66. The summed E-state index contributed by atoms with van der Waals surface area (Å²) in [5, 5.41) is 4.02. The van der Waals surface area contributed by atoms with Gasteiger partial charge in [0.15, 0.2) is 0 Å². The third-order valence-corrected chi connectivity index (χ3v) is 3.37. The quantitative estimate of drug-likeness (QED) is 0.817. The van der Waals surface area contributed by atoms with Crippen LogP contribution in [0.1, 0.15) is 25.5 Å².